The van der Waals surface area contributed by atoms with Crippen LogP contribution < -0.4 is 10.6 Å². The number of fused-ring (bicyclic) bond motifs is 1. The van der Waals surface area contributed by atoms with E-state index in [9.17, 15) is 9.59 Å². The molecule has 1 aliphatic carbocycles. The number of carbonyl (C=O) groups excluding carboxylic acids is 2. The molecule has 0 saturated heterocycles. The lowest BCUT2D eigenvalue weighted by Gasteiger charge is -2.26. The van der Waals surface area contributed by atoms with Crippen LogP contribution in [0.4, 0.5) is 0 Å². The molecule has 2 amide bonds. The average Bonchev–Trinajstić information content (AvgIpc) is 2.63. The van der Waals surface area contributed by atoms with Crippen molar-refractivity contribution in [3.8, 4) is 0 Å². The SMILES string of the molecule is O=C(CCNC(=O)c1ccncc1)N[C@@H]1CCCc2ccccc21. The number of nitrogens with zero attached hydrogens (tertiary/aromatic N) is 1. The first-order valence-electron chi connectivity index (χ1n) is 8.29. The van der Waals surface area contributed by atoms with Gasteiger partial charge in [-0.05, 0) is 42.5 Å². The molecule has 1 aliphatic rings. The van der Waals surface area contributed by atoms with E-state index in [4.69, 9.17) is 0 Å². The molecule has 5 nitrogen and oxygen atoms in total. The summed E-state index contributed by atoms with van der Waals surface area (Å²) < 4.78 is 0. The first kappa shape index (κ1) is 16.2. The number of hydrogen-bond acceptors (Lipinski definition) is 3. The van der Waals surface area contributed by atoms with Crippen molar-refractivity contribution in [3.05, 3.63) is 65.5 Å². The van der Waals surface area contributed by atoms with Crippen molar-refractivity contribution >= 4 is 11.8 Å². The minimum Gasteiger partial charge on any atom is -0.352 e. The molecular formula is C19H21N3O2. The van der Waals surface area contributed by atoms with Crippen LogP contribution in [0.3, 0.4) is 0 Å². The second kappa shape index (κ2) is 7.73. The van der Waals surface area contributed by atoms with Crippen molar-refractivity contribution in [3.63, 3.8) is 0 Å². The van der Waals surface area contributed by atoms with Crippen LogP contribution in [0, 0.1) is 0 Å². The van der Waals surface area contributed by atoms with E-state index in [2.05, 4.69) is 27.8 Å². The van der Waals surface area contributed by atoms with Gasteiger partial charge in [-0.3, -0.25) is 14.6 Å². The second-order valence-electron chi connectivity index (χ2n) is 5.95. The minimum absolute atomic E-state index is 0.0354. The molecule has 1 atom stereocenters. The molecule has 0 aliphatic heterocycles. The Morgan fingerprint density at radius 2 is 1.92 bits per heavy atom. The minimum atomic E-state index is -0.187. The monoisotopic (exact) mass is 323 g/mol. The number of pyridine rings is 1. The summed E-state index contributed by atoms with van der Waals surface area (Å²) in [5.41, 5.74) is 3.09. The molecule has 0 bridgehead atoms. The standard InChI is InChI=1S/C19H21N3O2/c23-18(10-13-21-19(24)15-8-11-20-12-9-15)22-17-7-3-5-14-4-1-2-6-16(14)17/h1-2,4,6,8-9,11-12,17H,3,5,7,10,13H2,(H,21,24)(H,22,23)/t17-/m1/s1. The third kappa shape index (κ3) is 3.98. The van der Waals surface area contributed by atoms with E-state index >= 15 is 0 Å². The number of amides is 2. The maximum Gasteiger partial charge on any atom is 0.251 e. The topological polar surface area (TPSA) is 71.1 Å². The van der Waals surface area contributed by atoms with E-state index < -0.39 is 0 Å². The van der Waals surface area contributed by atoms with E-state index in [1.54, 1.807) is 24.5 Å². The summed E-state index contributed by atoms with van der Waals surface area (Å²) in [6, 6.07) is 11.6. The van der Waals surface area contributed by atoms with Gasteiger partial charge in [0, 0.05) is 30.9 Å². The Morgan fingerprint density at radius 3 is 2.75 bits per heavy atom. The Hall–Kier alpha value is -2.69. The molecular weight excluding hydrogens is 302 g/mol. The normalized spacial score (nSPS) is 16.1. The van der Waals surface area contributed by atoms with Gasteiger partial charge in [0.2, 0.25) is 5.91 Å². The zero-order chi connectivity index (χ0) is 16.8. The molecule has 0 spiro atoms. The molecule has 0 unspecified atom stereocenters. The highest BCUT2D eigenvalue weighted by molar-refractivity contribution is 5.94. The van der Waals surface area contributed by atoms with Crippen LogP contribution in [-0.4, -0.2) is 23.3 Å². The predicted octanol–water partition coefficient (Wildman–Crippen LogP) is 2.40. The fourth-order valence-electron chi connectivity index (χ4n) is 3.07. The predicted molar refractivity (Wildman–Crippen MR) is 91.5 cm³/mol. The number of aromatic nitrogens is 1. The average molecular weight is 323 g/mol. The molecule has 5 heteroatoms. The lowest BCUT2D eigenvalue weighted by Crippen LogP contribution is -2.34. The van der Waals surface area contributed by atoms with Crippen LogP contribution in [0.5, 0.6) is 0 Å². The quantitative estimate of drug-likeness (QED) is 0.887. The number of aryl methyl sites for hydroxylation is 1. The van der Waals surface area contributed by atoms with Gasteiger partial charge in [0.05, 0.1) is 6.04 Å². The van der Waals surface area contributed by atoms with Crippen LogP contribution in [0.15, 0.2) is 48.8 Å². The summed E-state index contributed by atoms with van der Waals surface area (Å²) in [6.45, 7) is 0.321. The van der Waals surface area contributed by atoms with Gasteiger partial charge in [-0.2, -0.15) is 0 Å². The van der Waals surface area contributed by atoms with Gasteiger partial charge < -0.3 is 10.6 Å². The number of nitrogens with one attached hydrogen (secondary N) is 2. The van der Waals surface area contributed by atoms with Crippen molar-refractivity contribution in [2.75, 3.05) is 6.54 Å². The molecule has 3 rings (SSSR count). The molecule has 0 fully saturated rings. The zero-order valence-electron chi connectivity index (χ0n) is 13.5. The fraction of sp³-hybridized carbons (Fsp3) is 0.316. The van der Waals surface area contributed by atoms with Gasteiger partial charge in [0.1, 0.15) is 0 Å². The maximum absolute atomic E-state index is 12.2. The van der Waals surface area contributed by atoms with Crippen molar-refractivity contribution < 1.29 is 9.59 Å². The lowest BCUT2D eigenvalue weighted by atomic mass is 9.88. The number of hydrogen-bond donors (Lipinski definition) is 2. The summed E-state index contributed by atoms with van der Waals surface area (Å²) in [6.07, 6.45) is 6.54. The number of benzene rings is 1. The highest BCUT2D eigenvalue weighted by Gasteiger charge is 2.21. The second-order valence-corrected chi connectivity index (χ2v) is 5.95. The number of carbonyl (C=O) groups is 2. The van der Waals surface area contributed by atoms with Crippen LogP contribution in [0.25, 0.3) is 0 Å². The van der Waals surface area contributed by atoms with Crippen LogP contribution in [0.2, 0.25) is 0 Å². The fourth-order valence-corrected chi connectivity index (χ4v) is 3.07. The number of rotatable bonds is 5. The molecule has 0 radical (unpaired) electrons. The molecule has 0 saturated carbocycles. The van der Waals surface area contributed by atoms with Crippen molar-refractivity contribution in [1.29, 1.82) is 0 Å². The summed E-state index contributed by atoms with van der Waals surface area (Å²) in [4.78, 5) is 28.0. The highest BCUT2D eigenvalue weighted by Crippen LogP contribution is 2.29. The van der Waals surface area contributed by atoms with Crippen LogP contribution in [-0.2, 0) is 11.2 Å². The Kier molecular flexibility index (Phi) is 5.21. The lowest BCUT2D eigenvalue weighted by molar-refractivity contribution is -0.121. The molecule has 24 heavy (non-hydrogen) atoms. The zero-order valence-corrected chi connectivity index (χ0v) is 13.5. The third-order valence-electron chi connectivity index (χ3n) is 4.28. The molecule has 1 aromatic heterocycles. The van der Waals surface area contributed by atoms with Gasteiger partial charge in [-0.1, -0.05) is 24.3 Å². The largest absolute Gasteiger partial charge is 0.352 e. The van der Waals surface area contributed by atoms with Gasteiger partial charge in [0.25, 0.3) is 5.91 Å². The van der Waals surface area contributed by atoms with E-state index in [-0.39, 0.29) is 24.3 Å². The molecule has 2 aromatic rings. The van der Waals surface area contributed by atoms with E-state index in [1.807, 2.05) is 12.1 Å². The molecule has 1 aromatic carbocycles. The van der Waals surface area contributed by atoms with Crippen molar-refractivity contribution in [1.82, 2.24) is 15.6 Å². The third-order valence-corrected chi connectivity index (χ3v) is 4.28. The Labute approximate surface area is 141 Å². The first-order valence-corrected chi connectivity index (χ1v) is 8.29. The summed E-state index contributed by atoms with van der Waals surface area (Å²) in [5.74, 6) is -0.222. The maximum atomic E-state index is 12.2. The Balaban J connectivity index is 1.48. The highest BCUT2D eigenvalue weighted by atomic mass is 16.2. The summed E-state index contributed by atoms with van der Waals surface area (Å²) in [7, 11) is 0. The molecule has 124 valence electrons. The van der Waals surface area contributed by atoms with Gasteiger partial charge >= 0.3 is 0 Å². The Morgan fingerprint density at radius 1 is 1.12 bits per heavy atom. The van der Waals surface area contributed by atoms with Crippen LogP contribution in [0.1, 0.15) is 46.8 Å². The van der Waals surface area contributed by atoms with E-state index in [1.165, 1.54) is 11.1 Å². The van der Waals surface area contributed by atoms with Gasteiger partial charge in [-0.25, -0.2) is 0 Å². The van der Waals surface area contributed by atoms with E-state index in [0.29, 0.717) is 12.1 Å². The first-order chi connectivity index (χ1) is 11.7. The van der Waals surface area contributed by atoms with Crippen LogP contribution >= 0.6 is 0 Å². The smallest absolute Gasteiger partial charge is 0.251 e. The van der Waals surface area contributed by atoms with Gasteiger partial charge in [0.15, 0.2) is 0 Å². The summed E-state index contributed by atoms with van der Waals surface area (Å²) >= 11 is 0. The van der Waals surface area contributed by atoms with E-state index in [0.717, 1.165) is 19.3 Å². The van der Waals surface area contributed by atoms with Crippen molar-refractivity contribution in [2.45, 2.75) is 31.7 Å². The summed E-state index contributed by atoms with van der Waals surface area (Å²) in [5, 5.41) is 5.85. The Bertz CT molecular complexity index is 716. The van der Waals surface area contributed by atoms with Crippen molar-refractivity contribution in [2.24, 2.45) is 0 Å². The molecule has 1 heterocycles. The van der Waals surface area contributed by atoms with Gasteiger partial charge in [-0.15, -0.1) is 0 Å². The molecule has 2 N–H and O–H groups in total.